The zero-order valence-electron chi connectivity index (χ0n) is 11.8. The Morgan fingerprint density at radius 3 is 2.59 bits per heavy atom. The number of carbonyl (C=O) groups excluding carboxylic acids is 2. The number of methoxy groups -OCH3 is 1. The van der Waals surface area contributed by atoms with Crippen LogP contribution in [0.25, 0.3) is 0 Å². The van der Waals surface area contributed by atoms with E-state index in [1.165, 1.54) is 25.3 Å². The second kappa shape index (κ2) is 6.35. The van der Waals surface area contributed by atoms with Crippen LogP contribution in [0.4, 0.5) is 10.7 Å². The Bertz CT molecular complexity index is 753. The number of hydrogen-bond donors (Lipinski definition) is 1. The highest BCUT2D eigenvalue weighted by Gasteiger charge is 2.15. The molecular formula is C14H12N2O5S. The number of hydrogen-bond acceptors (Lipinski definition) is 6. The molecule has 0 saturated carbocycles. The number of nitro benzene ring substituents is 1. The molecule has 1 N–H and O–H groups in total. The molecule has 2 rings (SSSR count). The highest BCUT2D eigenvalue weighted by molar-refractivity contribution is 7.18. The number of amides is 1. The average Bonchev–Trinajstić information content (AvgIpc) is 2.94. The summed E-state index contributed by atoms with van der Waals surface area (Å²) >= 11 is 1.09. The Morgan fingerprint density at radius 1 is 1.27 bits per heavy atom. The quantitative estimate of drug-likeness (QED) is 0.530. The van der Waals surface area contributed by atoms with Gasteiger partial charge in [0.15, 0.2) is 0 Å². The molecule has 0 bridgehead atoms. The molecule has 1 amide bonds. The van der Waals surface area contributed by atoms with Gasteiger partial charge in [0.2, 0.25) is 0 Å². The number of carbonyl (C=O) groups is 2. The SMILES string of the molecule is COC(=O)c1ccc(NC(=O)c2ccc([N+](=O)[O-])c(C)c2)s1. The molecule has 7 nitrogen and oxygen atoms in total. The van der Waals surface area contributed by atoms with E-state index in [4.69, 9.17) is 0 Å². The van der Waals surface area contributed by atoms with Crippen molar-refractivity contribution in [3.8, 4) is 0 Å². The molecule has 0 aliphatic heterocycles. The van der Waals surface area contributed by atoms with E-state index >= 15 is 0 Å². The summed E-state index contributed by atoms with van der Waals surface area (Å²) in [7, 11) is 1.28. The summed E-state index contributed by atoms with van der Waals surface area (Å²) in [4.78, 5) is 34.1. The fourth-order valence-corrected chi connectivity index (χ4v) is 2.62. The van der Waals surface area contributed by atoms with Crippen LogP contribution in [0, 0.1) is 17.0 Å². The summed E-state index contributed by atoms with van der Waals surface area (Å²) in [5.74, 6) is -0.882. The first kappa shape index (κ1) is 15.6. The van der Waals surface area contributed by atoms with Crippen molar-refractivity contribution in [1.82, 2.24) is 0 Å². The molecule has 0 unspecified atom stereocenters. The van der Waals surface area contributed by atoms with E-state index < -0.39 is 16.8 Å². The highest BCUT2D eigenvalue weighted by atomic mass is 32.1. The Hall–Kier alpha value is -2.74. The van der Waals surface area contributed by atoms with Crippen LogP contribution >= 0.6 is 11.3 Å². The van der Waals surface area contributed by atoms with Crippen LogP contribution in [-0.4, -0.2) is 23.9 Å². The second-order valence-electron chi connectivity index (χ2n) is 4.37. The predicted octanol–water partition coefficient (Wildman–Crippen LogP) is 3.00. The molecule has 1 heterocycles. The maximum absolute atomic E-state index is 12.1. The maximum atomic E-state index is 12.1. The molecule has 1 aromatic carbocycles. The average molecular weight is 320 g/mol. The van der Waals surface area contributed by atoms with E-state index in [0.29, 0.717) is 21.0 Å². The molecule has 22 heavy (non-hydrogen) atoms. The summed E-state index contributed by atoms with van der Waals surface area (Å²) in [5.41, 5.74) is 0.663. The minimum absolute atomic E-state index is 0.0411. The number of nitrogens with zero attached hydrogens (tertiary/aromatic N) is 1. The molecule has 0 aliphatic carbocycles. The first-order valence-electron chi connectivity index (χ1n) is 6.17. The summed E-state index contributed by atoms with van der Waals surface area (Å²) < 4.78 is 4.59. The van der Waals surface area contributed by atoms with Gasteiger partial charge >= 0.3 is 5.97 Å². The van der Waals surface area contributed by atoms with Gasteiger partial charge in [-0.25, -0.2) is 4.79 Å². The van der Waals surface area contributed by atoms with Crippen molar-refractivity contribution in [2.24, 2.45) is 0 Å². The van der Waals surface area contributed by atoms with Gasteiger partial charge in [-0.3, -0.25) is 14.9 Å². The lowest BCUT2D eigenvalue weighted by molar-refractivity contribution is -0.385. The van der Waals surface area contributed by atoms with Crippen molar-refractivity contribution in [3.63, 3.8) is 0 Å². The van der Waals surface area contributed by atoms with E-state index in [9.17, 15) is 19.7 Å². The van der Waals surface area contributed by atoms with Gasteiger partial charge in [-0.1, -0.05) is 0 Å². The first-order chi connectivity index (χ1) is 10.4. The number of aryl methyl sites for hydroxylation is 1. The smallest absolute Gasteiger partial charge is 0.348 e. The van der Waals surface area contributed by atoms with Crippen molar-refractivity contribution in [2.45, 2.75) is 6.92 Å². The van der Waals surface area contributed by atoms with E-state index in [1.807, 2.05) is 0 Å². The van der Waals surface area contributed by atoms with Crippen molar-refractivity contribution in [3.05, 3.63) is 56.5 Å². The normalized spacial score (nSPS) is 10.1. The second-order valence-corrected chi connectivity index (χ2v) is 5.45. The molecule has 0 saturated heterocycles. The first-order valence-corrected chi connectivity index (χ1v) is 6.98. The van der Waals surface area contributed by atoms with Crippen molar-refractivity contribution in [2.75, 3.05) is 12.4 Å². The number of benzene rings is 1. The number of esters is 1. The molecule has 1 aromatic heterocycles. The third kappa shape index (κ3) is 3.29. The van der Waals surface area contributed by atoms with Gasteiger partial charge in [-0.2, -0.15) is 0 Å². The summed E-state index contributed by atoms with van der Waals surface area (Å²) in [6.45, 7) is 1.56. The van der Waals surface area contributed by atoms with Gasteiger partial charge in [0.25, 0.3) is 11.6 Å². The van der Waals surface area contributed by atoms with E-state index in [2.05, 4.69) is 10.1 Å². The van der Waals surface area contributed by atoms with Crippen LogP contribution in [0.1, 0.15) is 25.6 Å². The van der Waals surface area contributed by atoms with Gasteiger partial charge in [-0.15, -0.1) is 11.3 Å². The molecule has 0 atom stereocenters. The maximum Gasteiger partial charge on any atom is 0.348 e. The lowest BCUT2D eigenvalue weighted by Gasteiger charge is -2.04. The van der Waals surface area contributed by atoms with Crippen LogP contribution < -0.4 is 5.32 Å². The standard InChI is InChI=1S/C14H12N2O5S/c1-8-7-9(3-4-10(8)16(19)20)13(17)15-12-6-5-11(22-12)14(18)21-2/h3-7H,1-2H3,(H,15,17). The molecular weight excluding hydrogens is 308 g/mol. The van der Waals surface area contributed by atoms with Crippen LogP contribution in [-0.2, 0) is 4.74 Å². The largest absolute Gasteiger partial charge is 0.465 e. The van der Waals surface area contributed by atoms with E-state index in [-0.39, 0.29) is 5.69 Å². The van der Waals surface area contributed by atoms with Gasteiger partial charge < -0.3 is 10.1 Å². The number of thiophene rings is 1. The zero-order chi connectivity index (χ0) is 16.3. The third-order valence-electron chi connectivity index (χ3n) is 2.88. The Morgan fingerprint density at radius 2 is 2.00 bits per heavy atom. The number of ether oxygens (including phenoxy) is 1. The number of nitro groups is 1. The molecule has 0 aliphatic rings. The monoisotopic (exact) mass is 320 g/mol. The van der Waals surface area contributed by atoms with Crippen LogP contribution in [0.5, 0.6) is 0 Å². The highest BCUT2D eigenvalue weighted by Crippen LogP contribution is 2.24. The van der Waals surface area contributed by atoms with Crippen molar-refractivity contribution >= 4 is 33.9 Å². The Kier molecular flexibility index (Phi) is 4.52. The lowest BCUT2D eigenvalue weighted by Crippen LogP contribution is -2.11. The molecule has 0 radical (unpaired) electrons. The lowest BCUT2D eigenvalue weighted by atomic mass is 10.1. The van der Waals surface area contributed by atoms with Gasteiger partial charge in [0, 0.05) is 17.2 Å². The van der Waals surface area contributed by atoms with E-state index in [1.54, 1.807) is 19.1 Å². The zero-order valence-corrected chi connectivity index (χ0v) is 12.6. The topological polar surface area (TPSA) is 98.5 Å². The van der Waals surface area contributed by atoms with Crippen LogP contribution in [0.15, 0.2) is 30.3 Å². The minimum atomic E-state index is -0.501. The summed E-state index contributed by atoms with van der Waals surface area (Å²) in [6, 6.07) is 7.26. The Balaban J connectivity index is 2.15. The predicted molar refractivity (Wildman–Crippen MR) is 81.4 cm³/mol. The molecule has 0 spiro atoms. The van der Waals surface area contributed by atoms with Crippen LogP contribution in [0.2, 0.25) is 0 Å². The Labute approximate surface area is 129 Å². The molecule has 8 heteroatoms. The summed E-state index contributed by atoms with van der Waals surface area (Å²) in [6.07, 6.45) is 0. The third-order valence-corrected chi connectivity index (χ3v) is 3.87. The molecule has 114 valence electrons. The van der Waals surface area contributed by atoms with Gasteiger partial charge in [-0.05, 0) is 31.2 Å². The number of rotatable bonds is 4. The van der Waals surface area contributed by atoms with Gasteiger partial charge in [0.1, 0.15) is 4.88 Å². The van der Waals surface area contributed by atoms with Crippen molar-refractivity contribution < 1.29 is 19.2 Å². The molecule has 2 aromatic rings. The van der Waals surface area contributed by atoms with Crippen molar-refractivity contribution in [1.29, 1.82) is 0 Å². The van der Waals surface area contributed by atoms with Gasteiger partial charge in [0.05, 0.1) is 17.0 Å². The fraction of sp³-hybridized carbons (Fsp3) is 0.143. The number of anilines is 1. The minimum Gasteiger partial charge on any atom is -0.465 e. The van der Waals surface area contributed by atoms with E-state index in [0.717, 1.165) is 11.3 Å². The van der Waals surface area contributed by atoms with Crippen LogP contribution in [0.3, 0.4) is 0 Å². The number of nitrogens with one attached hydrogen (secondary N) is 1. The summed E-state index contributed by atoms with van der Waals surface area (Å²) in [5, 5.41) is 13.9. The fourth-order valence-electron chi connectivity index (χ4n) is 1.80. The molecule has 0 fully saturated rings.